The Morgan fingerprint density at radius 1 is 1.37 bits per heavy atom. The van der Waals surface area contributed by atoms with Crippen LogP contribution in [0.1, 0.15) is 6.92 Å². The Morgan fingerprint density at radius 2 is 2.11 bits per heavy atom. The molecule has 0 aromatic heterocycles. The van der Waals surface area contributed by atoms with Crippen LogP contribution in [-0.4, -0.2) is 55.3 Å². The molecule has 1 aliphatic rings. The van der Waals surface area contributed by atoms with E-state index in [2.05, 4.69) is 0 Å². The molecule has 0 bridgehead atoms. The molecule has 1 N–H and O–H groups in total. The maximum absolute atomic E-state index is 12.4. The Hall–Kier alpha value is -1.59. The third-order valence-corrected chi connectivity index (χ3v) is 3.39. The highest BCUT2D eigenvalue weighted by Gasteiger charge is 2.33. The zero-order valence-corrected chi connectivity index (χ0v) is 11.4. The number of likely N-dealkylation sites (N-methyl/N-ethyl adjacent to an activating group) is 1. The van der Waals surface area contributed by atoms with Crippen molar-refractivity contribution in [1.29, 1.82) is 0 Å². The summed E-state index contributed by atoms with van der Waals surface area (Å²) in [7, 11) is 1.85. The first-order valence-corrected chi connectivity index (χ1v) is 6.53. The molecule has 1 atom stereocenters. The number of benzene rings is 1. The number of aliphatic hydroxyl groups excluding tert-OH is 1. The van der Waals surface area contributed by atoms with E-state index in [1.165, 1.54) is 0 Å². The van der Waals surface area contributed by atoms with Crippen molar-refractivity contribution in [2.24, 2.45) is 0 Å². The number of nitrogens with zero attached hydrogens (tertiary/aromatic N) is 2. The zero-order valence-electron chi connectivity index (χ0n) is 11.4. The molecule has 104 valence electrons. The van der Waals surface area contributed by atoms with E-state index in [-0.39, 0.29) is 12.5 Å². The summed E-state index contributed by atoms with van der Waals surface area (Å²) < 4.78 is 5.56. The normalized spacial score (nSPS) is 20.7. The van der Waals surface area contributed by atoms with Gasteiger partial charge in [0.15, 0.2) is 0 Å². The van der Waals surface area contributed by atoms with Crippen LogP contribution in [0.3, 0.4) is 0 Å². The van der Waals surface area contributed by atoms with Gasteiger partial charge in [-0.2, -0.15) is 0 Å². The molecular weight excluding hydrogens is 244 g/mol. The lowest BCUT2D eigenvalue weighted by molar-refractivity contribution is -0.126. The fraction of sp³-hybridized carbons (Fsp3) is 0.500. The molecule has 0 saturated carbocycles. The first-order valence-electron chi connectivity index (χ1n) is 6.53. The summed E-state index contributed by atoms with van der Waals surface area (Å²) in [6, 6.07) is 7.04. The van der Waals surface area contributed by atoms with Crippen LogP contribution in [0.4, 0.5) is 5.69 Å². The second-order valence-electron chi connectivity index (χ2n) is 4.57. The van der Waals surface area contributed by atoms with Crippen molar-refractivity contribution < 1.29 is 14.6 Å². The second kappa shape index (κ2) is 6.04. The molecule has 0 spiro atoms. The number of para-hydroxylation sites is 2. The maximum Gasteiger partial charge on any atom is 0.246 e. The predicted octanol–water partition coefficient (Wildman–Crippen LogP) is 0.725. The summed E-state index contributed by atoms with van der Waals surface area (Å²) in [4.78, 5) is 16.0. The SMILES string of the molecule is CCOc1ccccc1N1CCN(C)C(CO)C1=O. The molecule has 5 heteroatoms. The third kappa shape index (κ3) is 2.72. The Morgan fingerprint density at radius 3 is 2.79 bits per heavy atom. The van der Waals surface area contributed by atoms with Crippen molar-refractivity contribution >= 4 is 11.6 Å². The molecule has 1 fully saturated rings. The lowest BCUT2D eigenvalue weighted by Gasteiger charge is -2.38. The molecule has 0 aliphatic carbocycles. The number of carbonyl (C=O) groups is 1. The highest BCUT2D eigenvalue weighted by molar-refractivity contribution is 5.99. The van der Waals surface area contributed by atoms with Crippen molar-refractivity contribution in [3.63, 3.8) is 0 Å². The zero-order chi connectivity index (χ0) is 13.8. The first-order chi connectivity index (χ1) is 9.19. The summed E-state index contributed by atoms with van der Waals surface area (Å²) in [6.07, 6.45) is 0. The molecule has 1 unspecified atom stereocenters. The van der Waals surface area contributed by atoms with E-state index in [0.29, 0.717) is 18.9 Å². The molecule has 1 amide bonds. The summed E-state index contributed by atoms with van der Waals surface area (Å²) in [5.74, 6) is 0.628. The van der Waals surface area contributed by atoms with E-state index >= 15 is 0 Å². The molecule has 1 saturated heterocycles. The lowest BCUT2D eigenvalue weighted by Crippen LogP contribution is -2.57. The average molecular weight is 264 g/mol. The minimum absolute atomic E-state index is 0.0802. The molecule has 2 rings (SSSR count). The Kier molecular flexibility index (Phi) is 4.39. The third-order valence-electron chi connectivity index (χ3n) is 3.39. The smallest absolute Gasteiger partial charge is 0.246 e. The van der Waals surface area contributed by atoms with Gasteiger partial charge in [-0.05, 0) is 26.1 Å². The average Bonchev–Trinajstić information content (AvgIpc) is 2.41. The number of anilines is 1. The van der Waals surface area contributed by atoms with Gasteiger partial charge in [-0.1, -0.05) is 12.1 Å². The van der Waals surface area contributed by atoms with Gasteiger partial charge in [0, 0.05) is 13.1 Å². The molecule has 1 aromatic carbocycles. The van der Waals surface area contributed by atoms with Crippen molar-refractivity contribution in [2.45, 2.75) is 13.0 Å². The molecule has 1 heterocycles. The molecular formula is C14H20N2O3. The molecule has 1 aliphatic heterocycles. The van der Waals surface area contributed by atoms with E-state index < -0.39 is 6.04 Å². The van der Waals surface area contributed by atoms with Gasteiger partial charge in [-0.3, -0.25) is 9.69 Å². The quantitative estimate of drug-likeness (QED) is 0.871. The fourth-order valence-electron chi connectivity index (χ4n) is 2.31. The van der Waals surface area contributed by atoms with Crippen LogP contribution in [0.5, 0.6) is 5.75 Å². The van der Waals surface area contributed by atoms with Crippen LogP contribution in [0.15, 0.2) is 24.3 Å². The van der Waals surface area contributed by atoms with Gasteiger partial charge in [0.2, 0.25) is 5.91 Å². The minimum atomic E-state index is -0.469. The molecule has 5 nitrogen and oxygen atoms in total. The van der Waals surface area contributed by atoms with Crippen LogP contribution < -0.4 is 9.64 Å². The van der Waals surface area contributed by atoms with E-state index in [4.69, 9.17) is 4.74 Å². The van der Waals surface area contributed by atoms with Crippen molar-refractivity contribution in [2.75, 3.05) is 38.3 Å². The Balaban J connectivity index is 2.29. The highest BCUT2D eigenvalue weighted by atomic mass is 16.5. The van der Waals surface area contributed by atoms with Crippen molar-refractivity contribution in [3.8, 4) is 5.75 Å². The van der Waals surface area contributed by atoms with E-state index in [1.54, 1.807) is 4.90 Å². The number of hydrogen-bond donors (Lipinski definition) is 1. The van der Waals surface area contributed by atoms with Gasteiger partial charge >= 0.3 is 0 Å². The minimum Gasteiger partial charge on any atom is -0.492 e. The summed E-state index contributed by atoms with van der Waals surface area (Å²) in [5, 5.41) is 9.35. The molecule has 19 heavy (non-hydrogen) atoms. The summed E-state index contributed by atoms with van der Waals surface area (Å²) in [5.41, 5.74) is 0.779. The van der Waals surface area contributed by atoms with Crippen LogP contribution >= 0.6 is 0 Å². The number of piperazine rings is 1. The van der Waals surface area contributed by atoms with Gasteiger partial charge in [-0.25, -0.2) is 0 Å². The lowest BCUT2D eigenvalue weighted by atomic mass is 10.1. The highest BCUT2D eigenvalue weighted by Crippen LogP contribution is 2.30. The topological polar surface area (TPSA) is 53.0 Å². The number of ether oxygens (including phenoxy) is 1. The van der Waals surface area contributed by atoms with Crippen molar-refractivity contribution in [3.05, 3.63) is 24.3 Å². The van der Waals surface area contributed by atoms with Gasteiger partial charge in [0.1, 0.15) is 11.8 Å². The monoisotopic (exact) mass is 264 g/mol. The van der Waals surface area contributed by atoms with Crippen molar-refractivity contribution in [1.82, 2.24) is 4.90 Å². The summed E-state index contributed by atoms with van der Waals surface area (Å²) >= 11 is 0. The van der Waals surface area contributed by atoms with E-state index in [1.807, 2.05) is 43.1 Å². The number of aliphatic hydroxyl groups is 1. The van der Waals surface area contributed by atoms with Gasteiger partial charge < -0.3 is 14.7 Å². The van der Waals surface area contributed by atoms with Gasteiger partial charge in [0.25, 0.3) is 0 Å². The largest absolute Gasteiger partial charge is 0.492 e. The van der Waals surface area contributed by atoms with Gasteiger partial charge in [0.05, 0.1) is 18.9 Å². The first kappa shape index (κ1) is 13.8. The number of carbonyl (C=O) groups excluding carboxylic acids is 1. The Bertz CT molecular complexity index is 450. The van der Waals surface area contributed by atoms with Crippen LogP contribution in [0.25, 0.3) is 0 Å². The standard InChI is InChI=1S/C14H20N2O3/c1-3-19-13-7-5-4-6-11(13)16-9-8-15(2)12(10-17)14(16)18/h4-7,12,17H,3,8-10H2,1-2H3. The molecule has 1 aromatic rings. The van der Waals surface area contributed by atoms with Crippen LogP contribution in [0.2, 0.25) is 0 Å². The predicted molar refractivity (Wildman–Crippen MR) is 73.5 cm³/mol. The number of amides is 1. The fourth-order valence-corrected chi connectivity index (χ4v) is 2.31. The summed E-state index contributed by atoms with van der Waals surface area (Å²) in [6.45, 7) is 3.65. The maximum atomic E-state index is 12.4. The van der Waals surface area contributed by atoms with Crippen LogP contribution in [-0.2, 0) is 4.79 Å². The van der Waals surface area contributed by atoms with E-state index in [9.17, 15) is 9.90 Å². The molecule has 0 radical (unpaired) electrons. The number of hydrogen-bond acceptors (Lipinski definition) is 4. The van der Waals surface area contributed by atoms with Crippen LogP contribution in [0, 0.1) is 0 Å². The second-order valence-corrected chi connectivity index (χ2v) is 4.57. The number of rotatable bonds is 4. The van der Waals surface area contributed by atoms with Gasteiger partial charge in [-0.15, -0.1) is 0 Å². The Labute approximate surface area is 113 Å². The van der Waals surface area contributed by atoms with E-state index in [0.717, 1.165) is 12.2 Å².